The molecule has 2 unspecified atom stereocenters. The highest BCUT2D eigenvalue weighted by atomic mass is 19.1. The Hall–Kier alpha value is -2.86. The Labute approximate surface area is 186 Å². The van der Waals surface area contributed by atoms with Crippen molar-refractivity contribution in [3.05, 3.63) is 30.1 Å². The molecule has 3 heterocycles. The zero-order valence-electron chi connectivity index (χ0n) is 18.2. The van der Waals surface area contributed by atoms with Crippen LogP contribution in [0.1, 0.15) is 25.3 Å². The average molecular weight is 443 g/mol. The summed E-state index contributed by atoms with van der Waals surface area (Å²) < 4.78 is 27.3. The highest BCUT2D eigenvalue weighted by Gasteiger charge is 2.43. The molecular weight excluding hydrogens is 414 g/mol. The number of nitriles is 1. The summed E-state index contributed by atoms with van der Waals surface area (Å²) in [6.07, 6.45) is 3.89. The van der Waals surface area contributed by atoms with Crippen LogP contribution in [0.25, 0.3) is 11.0 Å². The second-order valence-corrected chi connectivity index (χ2v) is 9.05. The van der Waals surface area contributed by atoms with Crippen LogP contribution in [0.2, 0.25) is 0 Å². The van der Waals surface area contributed by atoms with Crippen LogP contribution in [0, 0.1) is 28.6 Å². The van der Waals surface area contributed by atoms with E-state index in [1.165, 1.54) is 0 Å². The Morgan fingerprint density at radius 2 is 2.03 bits per heavy atom. The second kappa shape index (κ2) is 9.33. The van der Waals surface area contributed by atoms with E-state index < -0.39 is 18.8 Å². The molecule has 0 aliphatic carbocycles. The minimum Gasteiger partial charge on any atom is -0.367 e. The van der Waals surface area contributed by atoms with Crippen molar-refractivity contribution in [2.24, 2.45) is 17.3 Å². The van der Waals surface area contributed by atoms with Gasteiger partial charge in [-0.15, -0.1) is 0 Å². The summed E-state index contributed by atoms with van der Waals surface area (Å²) >= 11 is 0. The molecule has 2 saturated heterocycles. The number of alkyl halides is 2. The smallest absolute Gasteiger partial charge is 0.220 e. The first-order valence-electron chi connectivity index (χ1n) is 11.0. The maximum absolute atomic E-state index is 13.7. The van der Waals surface area contributed by atoms with Gasteiger partial charge in [0, 0.05) is 43.9 Å². The number of fused-ring (bicyclic) bond motifs is 1. The number of amides is 1. The summed E-state index contributed by atoms with van der Waals surface area (Å²) in [5, 5.41) is 15.5. The molecule has 0 radical (unpaired) electrons. The standard InChI is InChI=1S/C23H28F2N6O/c1-15-10-31(19-3-2-16(9-26)21-22(19)29-7-6-28-21)11-18(15)30-20(32)8-17-4-5-27-14-23(17,12-24)13-25/h2-3,6-7,15,17-18,27H,4-5,8,10-14H2,1H3,(H,30,32)/t15?,17-,18?/m1/s1. The van der Waals surface area contributed by atoms with Crippen molar-refractivity contribution in [2.45, 2.75) is 25.8 Å². The summed E-state index contributed by atoms with van der Waals surface area (Å²) in [7, 11) is 0. The maximum atomic E-state index is 13.7. The van der Waals surface area contributed by atoms with Gasteiger partial charge in [0.05, 0.1) is 30.6 Å². The third-order valence-corrected chi connectivity index (χ3v) is 7.00. The topological polar surface area (TPSA) is 93.9 Å². The van der Waals surface area contributed by atoms with Crippen molar-refractivity contribution in [1.29, 1.82) is 5.26 Å². The van der Waals surface area contributed by atoms with Crippen LogP contribution in [-0.4, -0.2) is 61.4 Å². The van der Waals surface area contributed by atoms with Gasteiger partial charge < -0.3 is 15.5 Å². The molecule has 32 heavy (non-hydrogen) atoms. The Bertz CT molecular complexity index is 1020. The van der Waals surface area contributed by atoms with Crippen molar-refractivity contribution < 1.29 is 13.6 Å². The van der Waals surface area contributed by atoms with Crippen LogP contribution < -0.4 is 15.5 Å². The molecule has 9 heteroatoms. The highest BCUT2D eigenvalue weighted by Crippen LogP contribution is 2.36. The van der Waals surface area contributed by atoms with Crippen molar-refractivity contribution in [3.63, 3.8) is 0 Å². The SMILES string of the molecule is CC1CN(c2ccc(C#N)c3nccnc23)CC1NC(=O)C[C@H]1CCNCC1(CF)CF. The number of carbonyl (C=O) groups excluding carboxylic acids is 1. The number of nitrogens with zero attached hydrogens (tertiary/aromatic N) is 4. The Kier molecular flexibility index (Phi) is 6.51. The van der Waals surface area contributed by atoms with E-state index in [1.807, 2.05) is 6.07 Å². The molecule has 7 nitrogen and oxygen atoms in total. The minimum absolute atomic E-state index is 0.0864. The van der Waals surface area contributed by atoms with Gasteiger partial charge in [-0.1, -0.05) is 6.92 Å². The molecule has 2 aliphatic rings. The molecule has 170 valence electrons. The summed E-state index contributed by atoms with van der Waals surface area (Å²) in [6, 6.07) is 5.68. The average Bonchev–Trinajstić information content (AvgIpc) is 3.18. The van der Waals surface area contributed by atoms with Crippen LogP contribution in [0.3, 0.4) is 0 Å². The van der Waals surface area contributed by atoms with E-state index in [9.17, 15) is 18.8 Å². The quantitative estimate of drug-likeness (QED) is 0.714. The van der Waals surface area contributed by atoms with Gasteiger partial charge in [0.15, 0.2) is 0 Å². The Balaban J connectivity index is 1.46. The van der Waals surface area contributed by atoms with Crippen LogP contribution in [0.4, 0.5) is 14.5 Å². The molecule has 1 amide bonds. The summed E-state index contributed by atoms with van der Waals surface area (Å²) in [5.41, 5.74) is 1.47. The molecule has 3 atom stereocenters. The van der Waals surface area contributed by atoms with Crippen LogP contribution in [0.5, 0.6) is 0 Å². The van der Waals surface area contributed by atoms with Crippen LogP contribution in [0.15, 0.2) is 24.5 Å². The number of benzene rings is 1. The first-order chi connectivity index (χ1) is 15.5. The first kappa shape index (κ1) is 22.3. The molecule has 1 aromatic heterocycles. The predicted molar refractivity (Wildman–Crippen MR) is 118 cm³/mol. The first-order valence-corrected chi connectivity index (χ1v) is 11.0. The fourth-order valence-corrected chi connectivity index (χ4v) is 4.96. The summed E-state index contributed by atoms with van der Waals surface area (Å²) in [5.74, 6) is -0.294. The zero-order chi connectivity index (χ0) is 22.7. The molecule has 0 saturated carbocycles. The maximum Gasteiger partial charge on any atom is 0.220 e. The summed E-state index contributed by atoms with van der Waals surface area (Å²) in [4.78, 5) is 23.7. The van der Waals surface area contributed by atoms with Crippen molar-refractivity contribution in [2.75, 3.05) is 44.4 Å². The third kappa shape index (κ3) is 4.11. The van der Waals surface area contributed by atoms with E-state index in [0.29, 0.717) is 36.1 Å². The number of nitrogens with one attached hydrogen (secondary N) is 2. The third-order valence-electron chi connectivity index (χ3n) is 7.00. The molecule has 0 spiro atoms. The van der Waals surface area contributed by atoms with E-state index >= 15 is 0 Å². The van der Waals surface area contributed by atoms with Crippen LogP contribution >= 0.6 is 0 Å². The fourth-order valence-electron chi connectivity index (χ4n) is 4.96. The van der Waals surface area contributed by atoms with E-state index in [-0.39, 0.29) is 36.8 Å². The lowest BCUT2D eigenvalue weighted by Gasteiger charge is -2.40. The lowest BCUT2D eigenvalue weighted by Crippen LogP contribution is -2.51. The van der Waals surface area contributed by atoms with Gasteiger partial charge in [-0.3, -0.25) is 23.5 Å². The van der Waals surface area contributed by atoms with E-state index in [4.69, 9.17) is 0 Å². The number of aromatic nitrogens is 2. The van der Waals surface area contributed by atoms with Crippen molar-refractivity contribution >= 4 is 22.6 Å². The highest BCUT2D eigenvalue weighted by molar-refractivity contribution is 5.92. The monoisotopic (exact) mass is 442 g/mol. The minimum atomic E-state index is -1.11. The fraction of sp³-hybridized carbons (Fsp3) is 0.565. The van der Waals surface area contributed by atoms with Crippen molar-refractivity contribution in [1.82, 2.24) is 20.6 Å². The number of carbonyl (C=O) groups is 1. The second-order valence-electron chi connectivity index (χ2n) is 9.05. The van der Waals surface area contributed by atoms with Gasteiger partial charge in [-0.05, 0) is 36.9 Å². The molecular formula is C23H28F2N6O. The van der Waals surface area contributed by atoms with Crippen molar-refractivity contribution in [3.8, 4) is 6.07 Å². The number of rotatable bonds is 6. The molecule has 1 aromatic carbocycles. The zero-order valence-corrected chi connectivity index (χ0v) is 18.2. The van der Waals surface area contributed by atoms with E-state index in [2.05, 4.69) is 38.5 Å². The molecule has 0 bridgehead atoms. The van der Waals surface area contributed by atoms with Gasteiger partial charge in [-0.25, -0.2) is 0 Å². The van der Waals surface area contributed by atoms with E-state index in [1.54, 1.807) is 18.5 Å². The number of hydrogen-bond acceptors (Lipinski definition) is 6. The number of piperidine rings is 1. The molecule has 2 fully saturated rings. The molecule has 2 N–H and O–H groups in total. The molecule has 4 rings (SSSR count). The van der Waals surface area contributed by atoms with Crippen LogP contribution in [-0.2, 0) is 4.79 Å². The van der Waals surface area contributed by atoms with Gasteiger partial charge in [0.1, 0.15) is 17.1 Å². The lowest BCUT2D eigenvalue weighted by molar-refractivity contribution is -0.124. The molecule has 2 aliphatic heterocycles. The predicted octanol–water partition coefficient (Wildman–Crippen LogP) is 2.37. The van der Waals surface area contributed by atoms with E-state index in [0.717, 1.165) is 12.2 Å². The Morgan fingerprint density at radius 3 is 2.75 bits per heavy atom. The largest absolute Gasteiger partial charge is 0.367 e. The number of halogens is 2. The summed E-state index contributed by atoms with van der Waals surface area (Å²) in [6.45, 7) is 2.77. The van der Waals surface area contributed by atoms with Gasteiger partial charge in [0.25, 0.3) is 0 Å². The lowest BCUT2D eigenvalue weighted by atomic mass is 9.71. The molecule has 2 aromatic rings. The Morgan fingerprint density at radius 1 is 1.28 bits per heavy atom. The normalized spacial score (nSPS) is 24.9. The number of hydrogen-bond donors (Lipinski definition) is 2. The van der Waals surface area contributed by atoms with Gasteiger partial charge in [-0.2, -0.15) is 5.26 Å². The van der Waals surface area contributed by atoms with Gasteiger partial charge >= 0.3 is 0 Å². The number of anilines is 1. The van der Waals surface area contributed by atoms with Gasteiger partial charge in [0.2, 0.25) is 5.91 Å².